The lowest BCUT2D eigenvalue weighted by molar-refractivity contribution is -0.121. The van der Waals surface area contributed by atoms with Crippen molar-refractivity contribution in [1.29, 1.82) is 0 Å². The summed E-state index contributed by atoms with van der Waals surface area (Å²) in [5.74, 6) is -0.271. The standard InChI is InChI=1S/C17H17ClN6O2/c1-19-16(25)6-13-9-23(8-12-4-5-20-24(12)13)17(26)14-10-22-7-11(18)2-3-15(22)21-14/h2-5,7,10,13H,6,8-9H2,1H3,(H,19,25). The molecule has 0 saturated heterocycles. The highest BCUT2D eigenvalue weighted by Gasteiger charge is 2.31. The number of hydrogen-bond donors (Lipinski definition) is 1. The largest absolute Gasteiger partial charge is 0.359 e. The predicted molar refractivity (Wildman–Crippen MR) is 94.9 cm³/mol. The van der Waals surface area contributed by atoms with Crippen LogP contribution in [0.4, 0.5) is 0 Å². The van der Waals surface area contributed by atoms with Crippen LogP contribution in [-0.2, 0) is 11.3 Å². The molecule has 0 radical (unpaired) electrons. The number of pyridine rings is 1. The SMILES string of the molecule is CNC(=O)CC1CN(C(=O)c2cn3cc(Cl)ccc3n2)Cc2ccnn21. The van der Waals surface area contributed by atoms with Gasteiger partial charge in [0.15, 0.2) is 0 Å². The Bertz CT molecular complexity index is 994. The fourth-order valence-corrected chi connectivity index (χ4v) is 3.41. The quantitative estimate of drug-likeness (QED) is 0.755. The van der Waals surface area contributed by atoms with Crippen molar-refractivity contribution in [2.45, 2.75) is 19.0 Å². The summed E-state index contributed by atoms with van der Waals surface area (Å²) in [5.41, 5.74) is 1.89. The minimum atomic E-state index is -0.205. The van der Waals surface area contributed by atoms with E-state index in [1.165, 1.54) is 0 Å². The van der Waals surface area contributed by atoms with Gasteiger partial charge in [-0.15, -0.1) is 0 Å². The molecule has 4 rings (SSSR count). The second kappa shape index (κ2) is 6.45. The third-order valence-corrected chi connectivity index (χ3v) is 4.73. The fourth-order valence-electron chi connectivity index (χ4n) is 3.24. The lowest BCUT2D eigenvalue weighted by atomic mass is 10.1. The Hall–Kier alpha value is -2.87. The Balaban J connectivity index is 1.62. The zero-order chi connectivity index (χ0) is 18.3. The van der Waals surface area contributed by atoms with E-state index in [-0.39, 0.29) is 24.3 Å². The molecule has 134 valence electrons. The van der Waals surface area contributed by atoms with Gasteiger partial charge in [-0.1, -0.05) is 11.6 Å². The summed E-state index contributed by atoms with van der Waals surface area (Å²) in [4.78, 5) is 30.9. The number of imidazole rings is 1. The summed E-state index contributed by atoms with van der Waals surface area (Å²) in [6.07, 6.45) is 5.33. The summed E-state index contributed by atoms with van der Waals surface area (Å²) in [6, 6.07) is 5.15. The molecule has 9 heteroatoms. The van der Waals surface area contributed by atoms with Gasteiger partial charge in [0.1, 0.15) is 11.3 Å². The molecule has 1 atom stereocenters. The highest BCUT2D eigenvalue weighted by molar-refractivity contribution is 6.30. The Morgan fingerprint density at radius 3 is 2.96 bits per heavy atom. The van der Waals surface area contributed by atoms with Gasteiger partial charge in [0.2, 0.25) is 5.91 Å². The van der Waals surface area contributed by atoms with Crippen LogP contribution in [0, 0.1) is 0 Å². The second-order valence-corrected chi connectivity index (χ2v) is 6.66. The minimum absolute atomic E-state index is 0.0897. The van der Waals surface area contributed by atoms with E-state index >= 15 is 0 Å². The molecule has 0 spiro atoms. The highest BCUT2D eigenvalue weighted by atomic mass is 35.5. The summed E-state index contributed by atoms with van der Waals surface area (Å²) < 4.78 is 3.55. The van der Waals surface area contributed by atoms with E-state index in [4.69, 9.17) is 11.6 Å². The van der Waals surface area contributed by atoms with Gasteiger partial charge in [-0.3, -0.25) is 14.3 Å². The Morgan fingerprint density at radius 2 is 2.15 bits per heavy atom. The molecule has 4 heterocycles. The van der Waals surface area contributed by atoms with Crippen LogP contribution in [-0.4, -0.2) is 49.5 Å². The van der Waals surface area contributed by atoms with Gasteiger partial charge in [0.05, 0.1) is 29.7 Å². The monoisotopic (exact) mass is 372 g/mol. The zero-order valence-electron chi connectivity index (χ0n) is 14.1. The number of rotatable bonds is 3. The van der Waals surface area contributed by atoms with Crippen LogP contribution in [0.1, 0.15) is 28.6 Å². The molecule has 3 aromatic heterocycles. The van der Waals surface area contributed by atoms with Crippen molar-refractivity contribution in [2.24, 2.45) is 0 Å². The number of halogens is 1. The van der Waals surface area contributed by atoms with Crippen molar-refractivity contribution in [1.82, 2.24) is 29.4 Å². The maximum Gasteiger partial charge on any atom is 0.274 e. The molecular weight excluding hydrogens is 356 g/mol. The normalized spacial score (nSPS) is 16.5. The van der Waals surface area contributed by atoms with Crippen molar-refractivity contribution in [3.8, 4) is 0 Å². The fraction of sp³-hybridized carbons (Fsp3) is 0.294. The van der Waals surface area contributed by atoms with Crippen molar-refractivity contribution in [3.05, 3.63) is 53.2 Å². The van der Waals surface area contributed by atoms with Gasteiger partial charge in [-0.2, -0.15) is 5.10 Å². The second-order valence-electron chi connectivity index (χ2n) is 6.22. The first-order valence-corrected chi connectivity index (χ1v) is 8.59. The van der Waals surface area contributed by atoms with Crippen LogP contribution in [0.15, 0.2) is 36.8 Å². The molecular formula is C17H17ClN6O2. The average Bonchev–Trinajstić information content (AvgIpc) is 3.26. The van der Waals surface area contributed by atoms with Crippen molar-refractivity contribution in [2.75, 3.05) is 13.6 Å². The highest BCUT2D eigenvalue weighted by Crippen LogP contribution is 2.24. The van der Waals surface area contributed by atoms with E-state index in [1.807, 2.05) is 10.7 Å². The summed E-state index contributed by atoms with van der Waals surface area (Å²) in [5, 5.41) is 7.49. The Labute approximate surface area is 154 Å². The maximum atomic E-state index is 13.0. The third kappa shape index (κ3) is 2.92. The molecule has 0 fully saturated rings. The lowest BCUT2D eigenvalue weighted by Crippen LogP contribution is -2.42. The van der Waals surface area contributed by atoms with Crippen molar-refractivity contribution < 1.29 is 9.59 Å². The molecule has 0 aliphatic carbocycles. The Morgan fingerprint density at radius 1 is 1.31 bits per heavy atom. The van der Waals surface area contributed by atoms with Crippen LogP contribution in [0.5, 0.6) is 0 Å². The number of nitrogens with one attached hydrogen (secondary N) is 1. The van der Waals surface area contributed by atoms with Crippen molar-refractivity contribution >= 4 is 29.1 Å². The van der Waals surface area contributed by atoms with Crippen LogP contribution >= 0.6 is 11.6 Å². The van der Waals surface area contributed by atoms with E-state index in [1.54, 1.807) is 47.1 Å². The van der Waals surface area contributed by atoms with Gasteiger partial charge >= 0.3 is 0 Å². The molecule has 0 bridgehead atoms. The summed E-state index contributed by atoms with van der Waals surface area (Å²) in [6.45, 7) is 0.827. The van der Waals surface area contributed by atoms with E-state index in [9.17, 15) is 9.59 Å². The molecule has 8 nitrogen and oxygen atoms in total. The van der Waals surface area contributed by atoms with E-state index < -0.39 is 0 Å². The number of carbonyl (C=O) groups excluding carboxylic acids is 2. The van der Waals surface area contributed by atoms with Gasteiger partial charge < -0.3 is 14.6 Å². The van der Waals surface area contributed by atoms with E-state index in [0.29, 0.717) is 29.5 Å². The number of carbonyl (C=O) groups is 2. The first kappa shape index (κ1) is 16.6. The maximum absolute atomic E-state index is 13.0. The summed E-state index contributed by atoms with van der Waals surface area (Å²) in [7, 11) is 1.60. The lowest BCUT2D eigenvalue weighted by Gasteiger charge is -2.33. The van der Waals surface area contributed by atoms with Gasteiger partial charge in [-0.25, -0.2) is 4.98 Å². The van der Waals surface area contributed by atoms with E-state index in [2.05, 4.69) is 15.4 Å². The summed E-state index contributed by atoms with van der Waals surface area (Å²) >= 11 is 5.99. The molecule has 1 unspecified atom stereocenters. The average molecular weight is 373 g/mol. The van der Waals surface area contributed by atoms with Gasteiger partial charge in [0.25, 0.3) is 5.91 Å². The number of hydrogen-bond acceptors (Lipinski definition) is 4. The topological polar surface area (TPSA) is 84.5 Å². The predicted octanol–water partition coefficient (Wildman–Crippen LogP) is 1.52. The van der Waals surface area contributed by atoms with Crippen LogP contribution in [0.3, 0.4) is 0 Å². The van der Waals surface area contributed by atoms with Gasteiger partial charge in [0, 0.05) is 32.2 Å². The molecule has 0 aromatic carbocycles. The van der Waals surface area contributed by atoms with Crippen LogP contribution in [0.25, 0.3) is 5.65 Å². The van der Waals surface area contributed by atoms with Crippen molar-refractivity contribution in [3.63, 3.8) is 0 Å². The molecule has 1 aliphatic heterocycles. The Kier molecular flexibility index (Phi) is 4.12. The minimum Gasteiger partial charge on any atom is -0.359 e. The number of amides is 2. The molecule has 0 saturated carbocycles. The van der Waals surface area contributed by atoms with E-state index in [0.717, 1.165) is 5.69 Å². The molecule has 26 heavy (non-hydrogen) atoms. The third-order valence-electron chi connectivity index (χ3n) is 4.50. The zero-order valence-corrected chi connectivity index (χ0v) is 14.8. The molecule has 1 N–H and O–H groups in total. The molecule has 3 aromatic rings. The smallest absolute Gasteiger partial charge is 0.274 e. The number of aromatic nitrogens is 4. The first-order valence-electron chi connectivity index (χ1n) is 8.21. The number of fused-ring (bicyclic) bond motifs is 2. The van der Waals surface area contributed by atoms with Gasteiger partial charge in [-0.05, 0) is 18.2 Å². The first-order chi connectivity index (χ1) is 12.5. The van der Waals surface area contributed by atoms with Crippen LogP contribution in [0.2, 0.25) is 5.02 Å². The number of nitrogens with zero attached hydrogens (tertiary/aromatic N) is 5. The molecule has 2 amide bonds. The molecule has 1 aliphatic rings. The van der Waals surface area contributed by atoms with Crippen LogP contribution < -0.4 is 5.32 Å².